The van der Waals surface area contributed by atoms with Gasteiger partial charge < -0.3 is 16.2 Å². The summed E-state index contributed by atoms with van der Waals surface area (Å²) in [4.78, 5) is 7.20. The summed E-state index contributed by atoms with van der Waals surface area (Å²) in [6, 6.07) is 5.66. The molecule has 9 heteroatoms. The van der Waals surface area contributed by atoms with Crippen molar-refractivity contribution in [1.29, 1.82) is 5.26 Å². The van der Waals surface area contributed by atoms with Gasteiger partial charge in [0.1, 0.15) is 11.6 Å². The Morgan fingerprint density at radius 2 is 1.86 bits per heavy atom. The third-order valence-corrected chi connectivity index (χ3v) is 2.37. The number of hydrogen-bond acceptors (Lipinski definition) is 6. The van der Waals surface area contributed by atoms with Crippen molar-refractivity contribution in [2.24, 2.45) is 0 Å². The van der Waals surface area contributed by atoms with Crippen molar-refractivity contribution in [1.82, 2.24) is 9.97 Å². The zero-order valence-corrected chi connectivity index (χ0v) is 10.3. The summed E-state index contributed by atoms with van der Waals surface area (Å²) in [5.41, 5.74) is 9.50. The number of nitriles is 1. The van der Waals surface area contributed by atoms with Gasteiger partial charge in [-0.1, -0.05) is 0 Å². The molecule has 1 aromatic heterocycles. The molecular weight excluding hydrogens is 287 g/mol. The molecule has 0 aliphatic rings. The third-order valence-electron chi connectivity index (χ3n) is 2.37. The maximum atomic E-state index is 13.0. The molecule has 0 saturated heterocycles. The van der Waals surface area contributed by atoms with E-state index in [4.69, 9.17) is 21.5 Å². The summed E-state index contributed by atoms with van der Waals surface area (Å²) in [5.74, 6) is -1.01. The molecule has 0 unspecified atom stereocenters. The number of ether oxygens (including phenoxy) is 1. The Morgan fingerprint density at radius 3 is 2.43 bits per heavy atom. The number of nitrogens with zero attached hydrogens (tertiary/aromatic N) is 3. The molecule has 0 aliphatic carbocycles. The molecule has 1 heterocycles. The Balaban J connectivity index is 2.46. The van der Waals surface area contributed by atoms with E-state index in [9.17, 15) is 13.2 Å². The number of nitrogen functional groups attached to an aromatic ring is 2. The van der Waals surface area contributed by atoms with Crippen LogP contribution in [0.2, 0.25) is 0 Å². The molecule has 6 nitrogen and oxygen atoms in total. The van der Waals surface area contributed by atoms with Crippen molar-refractivity contribution in [3.63, 3.8) is 0 Å². The van der Waals surface area contributed by atoms with E-state index < -0.39 is 17.5 Å². The fourth-order valence-corrected chi connectivity index (χ4v) is 1.54. The van der Waals surface area contributed by atoms with Crippen LogP contribution < -0.4 is 16.2 Å². The SMILES string of the molecule is N#Cc1ccc(Oc2cc(N)nc(N)n2)c(C(F)(F)F)c1. The molecule has 0 radical (unpaired) electrons. The first-order valence-electron chi connectivity index (χ1n) is 5.49. The van der Waals surface area contributed by atoms with Gasteiger partial charge in [-0.05, 0) is 18.2 Å². The lowest BCUT2D eigenvalue weighted by molar-refractivity contribution is -0.138. The number of alkyl halides is 3. The number of halogens is 3. The standard InChI is InChI=1S/C12H8F3N5O/c13-12(14,15)7-3-6(5-16)1-2-8(7)21-10-4-9(17)19-11(18)20-10/h1-4H,(H4,17,18,19,20). The van der Waals surface area contributed by atoms with Gasteiger partial charge in [0.05, 0.1) is 17.2 Å². The molecule has 21 heavy (non-hydrogen) atoms. The smallest absolute Gasteiger partial charge is 0.420 e. The largest absolute Gasteiger partial charge is 0.438 e. The van der Waals surface area contributed by atoms with E-state index in [1.54, 1.807) is 6.07 Å². The monoisotopic (exact) mass is 295 g/mol. The average Bonchev–Trinajstić information content (AvgIpc) is 2.36. The van der Waals surface area contributed by atoms with Crippen molar-refractivity contribution >= 4 is 11.8 Å². The lowest BCUT2D eigenvalue weighted by Crippen LogP contribution is -2.08. The topological polar surface area (TPSA) is 111 Å². The van der Waals surface area contributed by atoms with Crippen molar-refractivity contribution in [3.8, 4) is 17.7 Å². The van der Waals surface area contributed by atoms with Gasteiger partial charge in [0, 0.05) is 6.07 Å². The van der Waals surface area contributed by atoms with E-state index in [1.807, 2.05) is 0 Å². The maximum absolute atomic E-state index is 13.0. The molecule has 0 saturated carbocycles. The molecule has 4 N–H and O–H groups in total. The molecule has 0 aliphatic heterocycles. The molecule has 0 amide bonds. The summed E-state index contributed by atoms with van der Waals surface area (Å²) < 4.78 is 43.9. The molecule has 1 aromatic carbocycles. The summed E-state index contributed by atoms with van der Waals surface area (Å²) in [5, 5.41) is 8.67. The molecular formula is C12H8F3N5O. The van der Waals surface area contributed by atoms with Gasteiger partial charge in [-0.3, -0.25) is 0 Å². The Hall–Kier alpha value is -3.02. The van der Waals surface area contributed by atoms with Crippen LogP contribution in [0.3, 0.4) is 0 Å². The van der Waals surface area contributed by atoms with Crippen LogP contribution in [0.15, 0.2) is 24.3 Å². The van der Waals surface area contributed by atoms with Crippen LogP contribution >= 0.6 is 0 Å². The van der Waals surface area contributed by atoms with E-state index in [2.05, 4.69) is 9.97 Å². The van der Waals surface area contributed by atoms with Crippen LogP contribution in [0.5, 0.6) is 11.6 Å². The molecule has 0 bridgehead atoms. The zero-order valence-electron chi connectivity index (χ0n) is 10.3. The Bertz CT molecular complexity index is 704. The normalized spacial score (nSPS) is 11.0. The number of hydrogen-bond donors (Lipinski definition) is 2. The molecule has 0 spiro atoms. The van der Waals surface area contributed by atoms with Crippen LogP contribution in [0.25, 0.3) is 0 Å². The van der Waals surface area contributed by atoms with Crippen molar-refractivity contribution in [2.45, 2.75) is 6.18 Å². The van der Waals surface area contributed by atoms with Gasteiger partial charge in [-0.15, -0.1) is 0 Å². The fraction of sp³-hybridized carbons (Fsp3) is 0.0833. The third kappa shape index (κ3) is 3.30. The van der Waals surface area contributed by atoms with E-state index in [1.165, 1.54) is 6.07 Å². The number of aromatic nitrogens is 2. The summed E-state index contributed by atoms with van der Waals surface area (Å²) >= 11 is 0. The fourth-order valence-electron chi connectivity index (χ4n) is 1.54. The second kappa shape index (κ2) is 5.16. The van der Waals surface area contributed by atoms with Gasteiger partial charge >= 0.3 is 6.18 Å². The molecule has 108 valence electrons. The molecule has 2 rings (SSSR count). The van der Waals surface area contributed by atoms with E-state index >= 15 is 0 Å². The Kier molecular flexibility index (Phi) is 3.54. The van der Waals surface area contributed by atoms with Crippen LogP contribution in [0.1, 0.15) is 11.1 Å². The second-order valence-electron chi connectivity index (χ2n) is 3.91. The predicted octanol–water partition coefficient (Wildman–Crippen LogP) is 2.32. The maximum Gasteiger partial charge on any atom is 0.420 e. The molecule has 2 aromatic rings. The van der Waals surface area contributed by atoms with Crippen LogP contribution in [0, 0.1) is 11.3 Å². The first-order chi connectivity index (χ1) is 9.79. The minimum absolute atomic E-state index is 0.0419. The second-order valence-corrected chi connectivity index (χ2v) is 3.91. The van der Waals surface area contributed by atoms with Crippen molar-refractivity contribution in [3.05, 3.63) is 35.4 Å². The summed E-state index contributed by atoms with van der Waals surface area (Å²) in [6.45, 7) is 0. The van der Waals surface area contributed by atoms with Gasteiger partial charge in [0.2, 0.25) is 11.8 Å². The van der Waals surface area contributed by atoms with E-state index in [0.29, 0.717) is 6.07 Å². The quantitative estimate of drug-likeness (QED) is 0.879. The number of nitrogens with two attached hydrogens (primary N) is 2. The van der Waals surface area contributed by atoms with Crippen LogP contribution in [-0.4, -0.2) is 9.97 Å². The highest BCUT2D eigenvalue weighted by molar-refractivity contribution is 5.46. The minimum Gasteiger partial charge on any atom is -0.438 e. The molecule has 0 fully saturated rings. The molecule has 0 atom stereocenters. The Labute approximate surface area is 116 Å². The van der Waals surface area contributed by atoms with Gasteiger partial charge in [0.15, 0.2) is 0 Å². The first kappa shape index (κ1) is 14.4. The van der Waals surface area contributed by atoms with E-state index in [0.717, 1.165) is 12.1 Å². The lowest BCUT2D eigenvalue weighted by atomic mass is 10.1. The highest BCUT2D eigenvalue weighted by atomic mass is 19.4. The van der Waals surface area contributed by atoms with Gasteiger partial charge in [-0.2, -0.15) is 28.4 Å². The van der Waals surface area contributed by atoms with Crippen LogP contribution in [-0.2, 0) is 6.18 Å². The van der Waals surface area contributed by atoms with Gasteiger partial charge in [-0.25, -0.2) is 0 Å². The number of rotatable bonds is 2. The lowest BCUT2D eigenvalue weighted by Gasteiger charge is -2.13. The number of benzene rings is 1. The highest BCUT2D eigenvalue weighted by Gasteiger charge is 2.35. The minimum atomic E-state index is -4.69. The average molecular weight is 295 g/mol. The first-order valence-corrected chi connectivity index (χ1v) is 5.49. The highest BCUT2D eigenvalue weighted by Crippen LogP contribution is 2.38. The van der Waals surface area contributed by atoms with Crippen molar-refractivity contribution < 1.29 is 17.9 Å². The predicted molar refractivity (Wildman–Crippen MR) is 67.1 cm³/mol. The Morgan fingerprint density at radius 1 is 1.14 bits per heavy atom. The van der Waals surface area contributed by atoms with E-state index in [-0.39, 0.29) is 23.2 Å². The number of anilines is 2. The van der Waals surface area contributed by atoms with Crippen LogP contribution in [0.4, 0.5) is 24.9 Å². The summed E-state index contributed by atoms with van der Waals surface area (Å²) in [7, 11) is 0. The van der Waals surface area contributed by atoms with Gasteiger partial charge in [0.25, 0.3) is 0 Å². The van der Waals surface area contributed by atoms with Crippen molar-refractivity contribution in [2.75, 3.05) is 11.5 Å². The summed E-state index contributed by atoms with van der Waals surface area (Å²) in [6.07, 6.45) is -4.69. The zero-order chi connectivity index (χ0) is 15.6.